The highest BCUT2D eigenvalue weighted by Gasteiger charge is 2.39. The van der Waals surface area contributed by atoms with Crippen molar-refractivity contribution in [3.8, 4) is 5.75 Å². The maximum absolute atomic E-state index is 13.7. The molecule has 0 radical (unpaired) electrons. The Balaban J connectivity index is 1.87. The number of nitrogens with one attached hydrogen (secondary N) is 1. The minimum absolute atomic E-state index is 0.166. The fourth-order valence-electron chi connectivity index (χ4n) is 3.65. The van der Waals surface area contributed by atoms with Gasteiger partial charge < -0.3 is 10.1 Å². The van der Waals surface area contributed by atoms with Gasteiger partial charge in [-0.05, 0) is 48.9 Å². The highest BCUT2D eigenvalue weighted by Crippen LogP contribution is 2.40. The van der Waals surface area contributed by atoms with Gasteiger partial charge in [0, 0.05) is 5.56 Å². The third-order valence-corrected chi connectivity index (χ3v) is 5.96. The molecule has 0 fully saturated rings. The van der Waals surface area contributed by atoms with Crippen LogP contribution in [0.2, 0.25) is 0 Å². The summed E-state index contributed by atoms with van der Waals surface area (Å²) < 4.78 is 29.1. The summed E-state index contributed by atoms with van der Waals surface area (Å²) in [5, 5.41) is 7.95. The normalized spacial score (nSPS) is 15.6. The fraction of sp³-hybridized carbons (Fsp3) is 0.130. The van der Waals surface area contributed by atoms with Crippen LogP contribution in [0.1, 0.15) is 28.9 Å². The largest absolute Gasteiger partial charge is 0.494 e. The average molecular weight is 452 g/mol. The Morgan fingerprint density at radius 2 is 1.81 bits per heavy atom. The summed E-state index contributed by atoms with van der Waals surface area (Å²) in [6, 6.07) is 18.6. The predicted octanol–water partition coefficient (Wildman–Crippen LogP) is 3.07. The summed E-state index contributed by atoms with van der Waals surface area (Å²) in [6.45, 7) is 2.28. The number of carbonyl (C=O) groups excluding carboxylic acids is 2. The number of amides is 2. The number of sulfonamides is 1. The quantitative estimate of drug-likeness (QED) is 0.618. The van der Waals surface area contributed by atoms with E-state index in [4.69, 9.17) is 9.88 Å². The summed E-state index contributed by atoms with van der Waals surface area (Å²) in [7, 11) is -3.99. The Bertz CT molecular complexity index is 1290. The molecule has 4 rings (SSSR count). The van der Waals surface area contributed by atoms with Crippen LogP contribution < -0.4 is 20.1 Å². The minimum Gasteiger partial charge on any atom is -0.494 e. The Morgan fingerprint density at radius 1 is 1.06 bits per heavy atom. The van der Waals surface area contributed by atoms with Crippen molar-refractivity contribution in [2.75, 3.05) is 16.8 Å². The molecule has 1 aliphatic heterocycles. The van der Waals surface area contributed by atoms with Crippen molar-refractivity contribution in [3.63, 3.8) is 0 Å². The van der Waals surface area contributed by atoms with Gasteiger partial charge in [0.2, 0.25) is 10.0 Å². The van der Waals surface area contributed by atoms with Gasteiger partial charge in [-0.25, -0.2) is 13.6 Å². The molecule has 164 valence electrons. The molecule has 3 aromatic carbocycles. The van der Waals surface area contributed by atoms with Crippen molar-refractivity contribution in [1.29, 1.82) is 0 Å². The van der Waals surface area contributed by atoms with E-state index in [9.17, 15) is 18.0 Å². The number of fused-ring (bicyclic) bond motifs is 1. The third-order valence-electron chi connectivity index (χ3n) is 5.05. The van der Waals surface area contributed by atoms with Crippen LogP contribution in [-0.2, 0) is 14.8 Å². The average Bonchev–Trinajstić information content (AvgIpc) is 2.77. The lowest BCUT2D eigenvalue weighted by molar-refractivity contribution is -0.117. The topological polar surface area (TPSA) is 119 Å². The van der Waals surface area contributed by atoms with Crippen LogP contribution in [0.3, 0.4) is 0 Å². The van der Waals surface area contributed by atoms with E-state index >= 15 is 0 Å². The lowest BCUT2D eigenvalue weighted by Crippen LogP contribution is -2.45. The first-order valence-corrected chi connectivity index (χ1v) is 11.4. The second kappa shape index (κ2) is 8.45. The number of nitrogens with two attached hydrogens (primary N) is 1. The zero-order valence-corrected chi connectivity index (χ0v) is 18.0. The fourth-order valence-corrected chi connectivity index (χ4v) is 4.19. The van der Waals surface area contributed by atoms with Crippen LogP contribution >= 0.6 is 0 Å². The van der Waals surface area contributed by atoms with Crippen molar-refractivity contribution >= 4 is 33.2 Å². The van der Waals surface area contributed by atoms with Crippen LogP contribution in [0.4, 0.5) is 11.4 Å². The van der Waals surface area contributed by atoms with Crippen LogP contribution in [0, 0.1) is 0 Å². The van der Waals surface area contributed by atoms with Crippen molar-refractivity contribution in [2.24, 2.45) is 5.14 Å². The predicted molar refractivity (Wildman–Crippen MR) is 120 cm³/mol. The lowest BCUT2D eigenvalue weighted by Gasteiger charge is -2.37. The number of carbonyl (C=O) groups is 2. The number of hydrogen-bond donors (Lipinski definition) is 2. The number of benzene rings is 3. The van der Waals surface area contributed by atoms with E-state index in [0.29, 0.717) is 29.2 Å². The standard InChI is InChI=1S/C23H21N3O5S/c1-2-31-17-10-6-9-16(13-17)23(28)26-20-12-11-18(32(24,29)30)14-19(20)25-22(27)21(26)15-7-4-3-5-8-15/h3-14,21H,2H2,1H3,(H,25,27)(H2,24,29,30). The molecule has 1 unspecified atom stereocenters. The van der Waals surface area contributed by atoms with E-state index in [0.717, 1.165) is 0 Å². The Morgan fingerprint density at radius 3 is 2.50 bits per heavy atom. The second-order valence-corrected chi connectivity index (χ2v) is 8.72. The van der Waals surface area contributed by atoms with E-state index in [2.05, 4.69) is 5.32 Å². The zero-order valence-electron chi connectivity index (χ0n) is 17.2. The molecule has 0 aliphatic carbocycles. The van der Waals surface area contributed by atoms with Gasteiger partial charge in [0.1, 0.15) is 11.8 Å². The molecule has 1 heterocycles. The first-order chi connectivity index (χ1) is 15.3. The SMILES string of the molecule is CCOc1cccc(C(=O)N2c3ccc(S(N)(=O)=O)cc3NC(=O)C2c2ccccc2)c1. The van der Waals surface area contributed by atoms with E-state index in [-0.39, 0.29) is 10.6 Å². The van der Waals surface area contributed by atoms with Gasteiger partial charge in [-0.2, -0.15) is 0 Å². The van der Waals surface area contributed by atoms with Crippen LogP contribution in [0.5, 0.6) is 5.75 Å². The lowest BCUT2D eigenvalue weighted by atomic mass is 9.98. The molecule has 9 heteroatoms. The molecule has 1 atom stereocenters. The van der Waals surface area contributed by atoms with Crippen LogP contribution in [-0.4, -0.2) is 26.8 Å². The number of ether oxygens (including phenoxy) is 1. The molecule has 0 aromatic heterocycles. The maximum Gasteiger partial charge on any atom is 0.259 e. The Labute approximate surface area is 185 Å². The summed E-state index contributed by atoms with van der Waals surface area (Å²) in [6.07, 6.45) is 0. The van der Waals surface area contributed by atoms with E-state index in [1.807, 2.05) is 13.0 Å². The summed E-state index contributed by atoms with van der Waals surface area (Å²) in [5.74, 6) is -0.370. The van der Waals surface area contributed by atoms with Crippen molar-refractivity contribution in [3.05, 3.63) is 83.9 Å². The number of nitrogens with zero attached hydrogens (tertiary/aromatic N) is 1. The highest BCUT2D eigenvalue weighted by atomic mass is 32.2. The number of hydrogen-bond acceptors (Lipinski definition) is 5. The van der Waals surface area contributed by atoms with E-state index in [1.54, 1.807) is 48.5 Å². The van der Waals surface area contributed by atoms with E-state index < -0.39 is 27.9 Å². The number of rotatable bonds is 5. The molecule has 0 bridgehead atoms. The first-order valence-electron chi connectivity index (χ1n) is 9.88. The molecule has 32 heavy (non-hydrogen) atoms. The Hall–Kier alpha value is -3.69. The van der Waals surface area contributed by atoms with Gasteiger partial charge in [0.05, 0.1) is 22.9 Å². The van der Waals surface area contributed by atoms with Gasteiger partial charge in [0.25, 0.3) is 11.8 Å². The molecular weight excluding hydrogens is 430 g/mol. The smallest absolute Gasteiger partial charge is 0.259 e. The molecule has 3 aromatic rings. The van der Waals surface area contributed by atoms with E-state index in [1.165, 1.54) is 23.1 Å². The molecule has 1 aliphatic rings. The van der Waals surface area contributed by atoms with Crippen molar-refractivity contribution in [1.82, 2.24) is 0 Å². The van der Waals surface area contributed by atoms with Gasteiger partial charge >= 0.3 is 0 Å². The van der Waals surface area contributed by atoms with Crippen molar-refractivity contribution in [2.45, 2.75) is 17.9 Å². The summed E-state index contributed by atoms with van der Waals surface area (Å²) in [5.41, 5.74) is 1.48. The second-order valence-electron chi connectivity index (χ2n) is 7.16. The van der Waals surface area contributed by atoms with Crippen LogP contribution in [0.25, 0.3) is 0 Å². The number of anilines is 2. The molecule has 2 amide bonds. The van der Waals surface area contributed by atoms with Gasteiger partial charge in [-0.15, -0.1) is 0 Å². The Kier molecular flexibility index (Phi) is 5.68. The minimum atomic E-state index is -3.99. The monoisotopic (exact) mass is 451 g/mol. The molecule has 0 saturated carbocycles. The summed E-state index contributed by atoms with van der Waals surface area (Å²) >= 11 is 0. The molecule has 8 nitrogen and oxygen atoms in total. The third kappa shape index (κ3) is 4.08. The zero-order chi connectivity index (χ0) is 22.9. The van der Waals surface area contributed by atoms with Crippen molar-refractivity contribution < 1.29 is 22.7 Å². The summed E-state index contributed by atoms with van der Waals surface area (Å²) in [4.78, 5) is 28.0. The highest BCUT2D eigenvalue weighted by molar-refractivity contribution is 7.89. The molecular formula is C23H21N3O5S. The first kappa shape index (κ1) is 21.5. The maximum atomic E-state index is 13.7. The molecule has 3 N–H and O–H groups in total. The van der Waals surface area contributed by atoms with Gasteiger partial charge in [0.15, 0.2) is 0 Å². The molecule has 0 spiro atoms. The molecule has 0 saturated heterocycles. The van der Waals surface area contributed by atoms with Crippen LogP contribution in [0.15, 0.2) is 77.7 Å². The number of primary sulfonamides is 1. The van der Waals surface area contributed by atoms with Gasteiger partial charge in [-0.1, -0.05) is 36.4 Å². The van der Waals surface area contributed by atoms with Gasteiger partial charge in [-0.3, -0.25) is 14.5 Å².